The zero-order valence-corrected chi connectivity index (χ0v) is 10.1. The lowest BCUT2D eigenvalue weighted by Crippen LogP contribution is -2.05. The molecule has 0 aliphatic heterocycles. The van der Waals surface area contributed by atoms with Crippen LogP contribution < -0.4 is 5.73 Å². The number of nitrogen functional groups attached to an aromatic ring is 1. The smallest absolute Gasteiger partial charge is 0.416 e. The van der Waals surface area contributed by atoms with Crippen molar-refractivity contribution in [2.75, 3.05) is 5.73 Å². The number of benzene rings is 2. The number of hydrogen-bond acceptors (Lipinski definition) is 2. The summed E-state index contributed by atoms with van der Waals surface area (Å²) in [6.45, 7) is 0. The van der Waals surface area contributed by atoms with Gasteiger partial charge in [0.25, 0.3) is 0 Å². The molecule has 0 heterocycles. The van der Waals surface area contributed by atoms with Crippen LogP contribution in [-0.4, -0.2) is 11.1 Å². The zero-order chi connectivity index (χ0) is 14.9. The summed E-state index contributed by atoms with van der Waals surface area (Å²) in [5.74, 6) is -1.10. The molecule has 0 spiro atoms. The summed E-state index contributed by atoms with van der Waals surface area (Å²) < 4.78 is 38.0. The second kappa shape index (κ2) is 4.88. The van der Waals surface area contributed by atoms with Crippen LogP contribution >= 0.6 is 0 Å². The minimum Gasteiger partial charge on any atom is -0.478 e. The standard InChI is InChI=1S/C14H10F3NO2/c15-14(16,17)10-5-6-12(18)11(7-10)8-1-3-9(4-2-8)13(19)20/h1-7H,18H2,(H,19,20). The van der Waals surface area contributed by atoms with E-state index in [1.807, 2.05) is 0 Å². The van der Waals surface area contributed by atoms with Crippen molar-refractivity contribution in [3.8, 4) is 11.1 Å². The van der Waals surface area contributed by atoms with Crippen LogP contribution in [0.1, 0.15) is 15.9 Å². The number of aromatic carboxylic acids is 1. The molecule has 0 amide bonds. The summed E-state index contributed by atoms with van der Waals surface area (Å²) in [5.41, 5.74) is 5.78. The van der Waals surface area contributed by atoms with Crippen LogP contribution in [0, 0.1) is 0 Å². The van der Waals surface area contributed by atoms with Gasteiger partial charge >= 0.3 is 12.1 Å². The molecule has 0 aliphatic rings. The number of rotatable bonds is 2. The van der Waals surface area contributed by atoms with Crippen LogP contribution in [0.25, 0.3) is 11.1 Å². The second-order valence-electron chi connectivity index (χ2n) is 4.18. The third-order valence-corrected chi connectivity index (χ3v) is 2.82. The molecule has 2 rings (SSSR count). The van der Waals surface area contributed by atoms with Crippen molar-refractivity contribution in [1.82, 2.24) is 0 Å². The number of carboxylic acids is 1. The first-order valence-corrected chi connectivity index (χ1v) is 5.59. The summed E-state index contributed by atoms with van der Waals surface area (Å²) in [6, 6.07) is 8.53. The highest BCUT2D eigenvalue weighted by Crippen LogP contribution is 2.35. The summed E-state index contributed by atoms with van der Waals surface area (Å²) >= 11 is 0. The quantitative estimate of drug-likeness (QED) is 0.826. The largest absolute Gasteiger partial charge is 0.478 e. The Balaban J connectivity index is 2.49. The van der Waals surface area contributed by atoms with Gasteiger partial charge in [0.05, 0.1) is 11.1 Å². The van der Waals surface area contributed by atoms with Gasteiger partial charge in [0.1, 0.15) is 0 Å². The Kier molecular flexibility index (Phi) is 3.40. The molecule has 3 N–H and O–H groups in total. The molecular weight excluding hydrogens is 271 g/mol. The van der Waals surface area contributed by atoms with E-state index in [1.54, 1.807) is 0 Å². The molecule has 0 aromatic heterocycles. The molecule has 0 fully saturated rings. The van der Waals surface area contributed by atoms with Gasteiger partial charge in [0.2, 0.25) is 0 Å². The average molecular weight is 281 g/mol. The van der Waals surface area contributed by atoms with E-state index >= 15 is 0 Å². The number of carboxylic acid groups (broad SMARTS) is 1. The lowest BCUT2D eigenvalue weighted by Gasteiger charge is -2.11. The van der Waals surface area contributed by atoms with E-state index in [9.17, 15) is 18.0 Å². The molecule has 0 unspecified atom stereocenters. The van der Waals surface area contributed by atoms with Crippen molar-refractivity contribution in [2.45, 2.75) is 6.18 Å². The molecule has 0 bridgehead atoms. The van der Waals surface area contributed by atoms with Gasteiger partial charge in [-0.15, -0.1) is 0 Å². The van der Waals surface area contributed by atoms with Crippen LogP contribution in [0.3, 0.4) is 0 Å². The number of alkyl halides is 3. The van der Waals surface area contributed by atoms with Crippen molar-refractivity contribution in [1.29, 1.82) is 0 Å². The fourth-order valence-corrected chi connectivity index (χ4v) is 1.77. The highest BCUT2D eigenvalue weighted by Gasteiger charge is 2.30. The SMILES string of the molecule is Nc1ccc(C(F)(F)F)cc1-c1ccc(C(=O)O)cc1. The fraction of sp³-hybridized carbons (Fsp3) is 0.0714. The first kappa shape index (κ1) is 13.9. The molecule has 20 heavy (non-hydrogen) atoms. The highest BCUT2D eigenvalue weighted by molar-refractivity contribution is 5.89. The third kappa shape index (κ3) is 2.74. The van der Waals surface area contributed by atoms with E-state index in [1.165, 1.54) is 30.3 Å². The topological polar surface area (TPSA) is 63.3 Å². The monoisotopic (exact) mass is 281 g/mol. The van der Waals surface area contributed by atoms with Gasteiger partial charge in [-0.05, 0) is 35.9 Å². The Morgan fingerprint density at radius 3 is 2.15 bits per heavy atom. The number of halogens is 3. The van der Waals surface area contributed by atoms with E-state index in [-0.39, 0.29) is 16.8 Å². The van der Waals surface area contributed by atoms with E-state index in [2.05, 4.69) is 0 Å². The Labute approximate surface area is 112 Å². The Morgan fingerprint density at radius 1 is 1.05 bits per heavy atom. The van der Waals surface area contributed by atoms with Gasteiger partial charge in [-0.2, -0.15) is 13.2 Å². The van der Waals surface area contributed by atoms with Crippen molar-refractivity contribution in [2.24, 2.45) is 0 Å². The normalized spacial score (nSPS) is 11.3. The summed E-state index contributed by atoms with van der Waals surface area (Å²) in [4.78, 5) is 10.7. The molecule has 0 saturated carbocycles. The van der Waals surface area contributed by atoms with Crippen LogP contribution in [0.2, 0.25) is 0 Å². The van der Waals surface area contributed by atoms with E-state index in [4.69, 9.17) is 10.8 Å². The van der Waals surface area contributed by atoms with Gasteiger partial charge in [-0.25, -0.2) is 4.79 Å². The maximum absolute atomic E-state index is 12.7. The molecule has 2 aromatic carbocycles. The highest BCUT2D eigenvalue weighted by atomic mass is 19.4. The maximum atomic E-state index is 12.7. The Morgan fingerprint density at radius 2 is 1.65 bits per heavy atom. The lowest BCUT2D eigenvalue weighted by atomic mass is 10.00. The predicted octanol–water partition coefficient (Wildman–Crippen LogP) is 3.65. The van der Waals surface area contributed by atoms with Crippen molar-refractivity contribution in [3.63, 3.8) is 0 Å². The molecule has 0 aliphatic carbocycles. The van der Waals surface area contributed by atoms with Crippen LogP contribution in [0.4, 0.5) is 18.9 Å². The molecule has 6 heteroatoms. The molecule has 0 atom stereocenters. The van der Waals surface area contributed by atoms with Gasteiger partial charge in [0.15, 0.2) is 0 Å². The number of carbonyl (C=O) groups is 1. The summed E-state index contributed by atoms with van der Waals surface area (Å²) in [7, 11) is 0. The molecular formula is C14H10F3NO2. The Hall–Kier alpha value is -2.50. The molecule has 3 nitrogen and oxygen atoms in total. The number of nitrogens with two attached hydrogens (primary N) is 1. The molecule has 0 radical (unpaired) electrons. The van der Waals surface area contributed by atoms with Crippen molar-refractivity contribution >= 4 is 11.7 Å². The Bertz CT molecular complexity index is 648. The van der Waals surface area contributed by atoms with Crippen LogP contribution in [0.15, 0.2) is 42.5 Å². The van der Waals surface area contributed by atoms with E-state index < -0.39 is 17.7 Å². The maximum Gasteiger partial charge on any atom is 0.416 e. The first-order valence-electron chi connectivity index (χ1n) is 5.59. The van der Waals surface area contributed by atoms with Gasteiger partial charge < -0.3 is 10.8 Å². The second-order valence-corrected chi connectivity index (χ2v) is 4.18. The lowest BCUT2D eigenvalue weighted by molar-refractivity contribution is -0.137. The molecule has 0 saturated heterocycles. The zero-order valence-electron chi connectivity index (χ0n) is 10.1. The summed E-state index contributed by atoms with van der Waals surface area (Å²) in [5, 5.41) is 8.78. The minimum atomic E-state index is -4.45. The van der Waals surface area contributed by atoms with E-state index in [0.717, 1.165) is 12.1 Å². The number of anilines is 1. The molecule has 104 valence electrons. The van der Waals surface area contributed by atoms with Gasteiger partial charge in [0, 0.05) is 11.3 Å². The third-order valence-electron chi connectivity index (χ3n) is 2.82. The predicted molar refractivity (Wildman–Crippen MR) is 68.3 cm³/mol. The van der Waals surface area contributed by atoms with Gasteiger partial charge in [-0.3, -0.25) is 0 Å². The number of hydrogen-bond donors (Lipinski definition) is 2. The van der Waals surface area contributed by atoms with Gasteiger partial charge in [-0.1, -0.05) is 12.1 Å². The molecule has 2 aromatic rings. The average Bonchev–Trinajstić information content (AvgIpc) is 2.38. The van der Waals surface area contributed by atoms with Crippen LogP contribution in [-0.2, 0) is 6.18 Å². The van der Waals surface area contributed by atoms with Crippen LogP contribution in [0.5, 0.6) is 0 Å². The first-order chi connectivity index (χ1) is 9.29. The van der Waals surface area contributed by atoms with Crippen molar-refractivity contribution < 1.29 is 23.1 Å². The summed E-state index contributed by atoms with van der Waals surface area (Å²) in [6.07, 6.45) is -4.45. The fourth-order valence-electron chi connectivity index (χ4n) is 1.77. The van der Waals surface area contributed by atoms with E-state index in [0.29, 0.717) is 5.56 Å². The van der Waals surface area contributed by atoms with Crippen molar-refractivity contribution in [3.05, 3.63) is 53.6 Å². The minimum absolute atomic E-state index is 0.0549.